The van der Waals surface area contributed by atoms with E-state index < -0.39 is 0 Å². The first-order chi connectivity index (χ1) is 12.6. The normalized spacial score (nSPS) is 10.5. The van der Waals surface area contributed by atoms with Gasteiger partial charge in [-0.1, -0.05) is 18.2 Å². The van der Waals surface area contributed by atoms with Gasteiger partial charge in [-0.25, -0.2) is 4.98 Å². The second kappa shape index (κ2) is 7.98. The fourth-order valence-corrected chi connectivity index (χ4v) is 3.41. The van der Waals surface area contributed by atoms with Crippen LogP contribution in [0.15, 0.2) is 35.7 Å². The predicted octanol–water partition coefficient (Wildman–Crippen LogP) is 3.44. The SMILES string of the molecule is Cc1ccc2cc(C#N)c(NCCCNC(=O)c3cccs3)[nH+]c2c1C. The number of nitriles is 1. The fraction of sp³-hybridized carbons (Fsp3) is 0.250. The number of fused-ring (bicyclic) bond motifs is 1. The molecule has 0 saturated heterocycles. The molecule has 0 radical (unpaired) electrons. The number of hydrogen-bond donors (Lipinski definition) is 2. The summed E-state index contributed by atoms with van der Waals surface area (Å²) in [5.41, 5.74) is 4.01. The number of aryl methyl sites for hydroxylation is 2. The van der Waals surface area contributed by atoms with Crippen LogP contribution in [0.3, 0.4) is 0 Å². The van der Waals surface area contributed by atoms with Gasteiger partial charge in [0.15, 0.2) is 0 Å². The van der Waals surface area contributed by atoms with E-state index in [9.17, 15) is 10.1 Å². The Hall–Kier alpha value is -2.91. The van der Waals surface area contributed by atoms with Gasteiger partial charge in [-0.2, -0.15) is 5.26 Å². The standard InChI is InChI=1S/C20H20N4OS/c1-13-6-7-15-11-16(12-21)19(24-18(15)14(13)2)22-8-4-9-23-20(25)17-5-3-10-26-17/h3,5-7,10-11H,4,8-9H2,1-2H3,(H,22,24)(H,23,25)/p+1. The Morgan fingerprint density at radius 1 is 1.27 bits per heavy atom. The molecule has 0 aliphatic rings. The van der Waals surface area contributed by atoms with Crippen molar-refractivity contribution >= 4 is 34.0 Å². The van der Waals surface area contributed by atoms with Gasteiger partial charge >= 0.3 is 0 Å². The Morgan fingerprint density at radius 3 is 2.85 bits per heavy atom. The van der Waals surface area contributed by atoms with E-state index >= 15 is 0 Å². The molecule has 0 aliphatic heterocycles. The summed E-state index contributed by atoms with van der Waals surface area (Å²) < 4.78 is 0. The molecule has 3 rings (SSSR count). The Bertz CT molecular complexity index is 974. The molecule has 2 aromatic heterocycles. The van der Waals surface area contributed by atoms with E-state index in [4.69, 9.17) is 0 Å². The Morgan fingerprint density at radius 2 is 2.12 bits per heavy atom. The van der Waals surface area contributed by atoms with Crippen molar-refractivity contribution in [2.24, 2.45) is 0 Å². The number of carbonyl (C=O) groups excluding carboxylic acids is 1. The number of nitrogens with one attached hydrogen (secondary N) is 3. The van der Waals surface area contributed by atoms with Crippen LogP contribution in [0, 0.1) is 25.2 Å². The molecule has 0 unspecified atom stereocenters. The number of aromatic amines is 1. The lowest BCUT2D eigenvalue weighted by molar-refractivity contribution is -0.328. The number of benzene rings is 1. The number of pyridine rings is 1. The summed E-state index contributed by atoms with van der Waals surface area (Å²) in [6.45, 7) is 5.39. The van der Waals surface area contributed by atoms with Crippen LogP contribution in [0.5, 0.6) is 0 Å². The Labute approximate surface area is 156 Å². The first kappa shape index (κ1) is 17.9. The van der Waals surface area contributed by atoms with E-state index in [1.807, 2.05) is 29.6 Å². The monoisotopic (exact) mass is 365 g/mol. The summed E-state index contributed by atoms with van der Waals surface area (Å²) in [5, 5.41) is 18.5. The number of anilines is 1. The summed E-state index contributed by atoms with van der Waals surface area (Å²) in [7, 11) is 0. The number of nitrogens with zero attached hydrogens (tertiary/aromatic N) is 1. The van der Waals surface area contributed by atoms with Gasteiger partial charge in [0.1, 0.15) is 17.1 Å². The highest BCUT2D eigenvalue weighted by Crippen LogP contribution is 2.21. The topological polar surface area (TPSA) is 79.1 Å². The van der Waals surface area contributed by atoms with Crippen LogP contribution in [0.1, 0.15) is 32.8 Å². The maximum absolute atomic E-state index is 11.9. The molecule has 1 amide bonds. The number of carbonyl (C=O) groups is 1. The molecule has 132 valence electrons. The third-order valence-electron chi connectivity index (χ3n) is 4.39. The van der Waals surface area contributed by atoms with Crippen molar-refractivity contribution in [2.45, 2.75) is 20.3 Å². The lowest BCUT2D eigenvalue weighted by Gasteiger charge is -2.07. The molecular weight excluding hydrogens is 344 g/mol. The molecule has 0 saturated carbocycles. The van der Waals surface area contributed by atoms with E-state index in [0.717, 1.165) is 28.0 Å². The Balaban J connectivity index is 1.62. The summed E-state index contributed by atoms with van der Waals surface area (Å²) in [5.74, 6) is 0.680. The van der Waals surface area contributed by atoms with Crippen LogP contribution in [-0.4, -0.2) is 19.0 Å². The van der Waals surface area contributed by atoms with Gasteiger partial charge in [0, 0.05) is 18.4 Å². The van der Waals surface area contributed by atoms with Crippen LogP contribution in [0.2, 0.25) is 0 Å². The molecule has 0 atom stereocenters. The molecule has 0 aliphatic carbocycles. The average molecular weight is 365 g/mol. The van der Waals surface area contributed by atoms with Crippen LogP contribution in [0.25, 0.3) is 10.9 Å². The highest BCUT2D eigenvalue weighted by Gasteiger charge is 2.14. The van der Waals surface area contributed by atoms with E-state index in [2.05, 4.69) is 41.6 Å². The lowest BCUT2D eigenvalue weighted by Crippen LogP contribution is -2.26. The van der Waals surface area contributed by atoms with Crippen LogP contribution >= 0.6 is 11.3 Å². The molecule has 6 heteroatoms. The van der Waals surface area contributed by atoms with Gasteiger partial charge in [0.05, 0.1) is 11.4 Å². The zero-order valence-electron chi connectivity index (χ0n) is 14.8. The third kappa shape index (κ3) is 3.84. The maximum atomic E-state index is 11.9. The van der Waals surface area contributed by atoms with Gasteiger partial charge in [-0.3, -0.25) is 10.1 Å². The zero-order valence-corrected chi connectivity index (χ0v) is 15.7. The van der Waals surface area contributed by atoms with Gasteiger partial charge < -0.3 is 5.32 Å². The number of amides is 1. The van der Waals surface area contributed by atoms with Gasteiger partial charge in [-0.15, -0.1) is 11.3 Å². The van der Waals surface area contributed by atoms with Crippen molar-refractivity contribution in [3.63, 3.8) is 0 Å². The molecule has 0 bridgehead atoms. The van der Waals surface area contributed by atoms with Crippen molar-refractivity contribution in [1.29, 1.82) is 5.26 Å². The maximum Gasteiger partial charge on any atom is 0.290 e. The quantitative estimate of drug-likeness (QED) is 0.657. The van der Waals surface area contributed by atoms with Crippen molar-refractivity contribution in [1.82, 2.24) is 5.32 Å². The largest absolute Gasteiger partial charge is 0.351 e. The van der Waals surface area contributed by atoms with Gasteiger partial charge in [0.25, 0.3) is 11.7 Å². The Kier molecular flexibility index (Phi) is 5.49. The average Bonchev–Trinajstić information content (AvgIpc) is 3.19. The van der Waals surface area contributed by atoms with Gasteiger partial charge in [-0.05, 0) is 42.5 Å². The molecule has 3 aromatic rings. The van der Waals surface area contributed by atoms with Crippen molar-refractivity contribution in [3.8, 4) is 6.07 Å². The molecule has 26 heavy (non-hydrogen) atoms. The van der Waals surface area contributed by atoms with E-state index in [1.54, 1.807) is 0 Å². The first-order valence-electron chi connectivity index (χ1n) is 8.52. The number of rotatable bonds is 6. The van der Waals surface area contributed by atoms with E-state index in [0.29, 0.717) is 18.7 Å². The van der Waals surface area contributed by atoms with E-state index in [1.165, 1.54) is 22.5 Å². The molecule has 0 spiro atoms. The number of H-pyrrole nitrogens is 1. The molecule has 0 fully saturated rings. The summed E-state index contributed by atoms with van der Waals surface area (Å²) in [6, 6.07) is 11.9. The van der Waals surface area contributed by atoms with E-state index in [-0.39, 0.29) is 5.91 Å². The molecular formula is C20H21N4OS+. The molecule has 2 heterocycles. The lowest BCUT2D eigenvalue weighted by atomic mass is 10.0. The number of hydrogen-bond acceptors (Lipinski definition) is 4. The smallest absolute Gasteiger partial charge is 0.290 e. The minimum atomic E-state index is -0.0407. The summed E-state index contributed by atoms with van der Waals surface area (Å²) >= 11 is 1.43. The van der Waals surface area contributed by atoms with Crippen molar-refractivity contribution in [2.75, 3.05) is 18.4 Å². The zero-order chi connectivity index (χ0) is 18.5. The molecule has 3 N–H and O–H groups in total. The third-order valence-corrected chi connectivity index (χ3v) is 5.26. The van der Waals surface area contributed by atoms with Gasteiger partial charge in [0.2, 0.25) is 0 Å². The molecule has 5 nitrogen and oxygen atoms in total. The molecule has 1 aromatic carbocycles. The highest BCUT2D eigenvalue weighted by atomic mass is 32.1. The summed E-state index contributed by atoms with van der Waals surface area (Å²) in [4.78, 5) is 16.0. The number of aromatic nitrogens is 1. The van der Waals surface area contributed by atoms with Crippen LogP contribution < -0.4 is 15.6 Å². The highest BCUT2D eigenvalue weighted by molar-refractivity contribution is 7.12. The summed E-state index contributed by atoms with van der Waals surface area (Å²) in [6.07, 6.45) is 0.765. The first-order valence-corrected chi connectivity index (χ1v) is 9.40. The second-order valence-electron chi connectivity index (χ2n) is 6.16. The minimum absolute atomic E-state index is 0.0407. The predicted molar refractivity (Wildman–Crippen MR) is 104 cm³/mol. The fourth-order valence-electron chi connectivity index (χ4n) is 2.77. The second-order valence-corrected chi connectivity index (χ2v) is 7.10. The van der Waals surface area contributed by atoms with Crippen molar-refractivity contribution < 1.29 is 9.78 Å². The van der Waals surface area contributed by atoms with Crippen molar-refractivity contribution in [3.05, 3.63) is 57.3 Å². The minimum Gasteiger partial charge on any atom is -0.351 e. The number of thiophene rings is 1. The van der Waals surface area contributed by atoms with Crippen LogP contribution in [-0.2, 0) is 0 Å². The van der Waals surface area contributed by atoms with Crippen LogP contribution in [0.4, 0.5) is 5.82 Å².